The van der Waals surface area contributed by atoms with Gasteiger partial charge in [-0.25, -0.2) is 4.98 Å². The summed E-state index contributed by atoms with van der Waals surface area (Å²) in [6, 6.07) is 13.4. The molecule has 2 rings (SSSR count). The van der Waals surface area contributed by atoms with Crippen molar-refractivity contribution in [2.75, 3.05) is 23.3 Å². The van der Waals surface area contributed by atoms with Crippen molar-refractivity contribution in [3.05, 3.63) is 53.7 Å². The van der Waals surface area contributed by atoms with Crippen molar-refractivity contribution in [2.45, 2.75) is 20.8 Å². The van der Waals surface area contributed by atoms with Crippen LogP contribution in [0.1, 0.15) is 29.9 Å². The van der Waals surface area contributed by atoms with E-state index in [1.807, 2.05) is 57.2 Å². The molecule has 110 valence electrons. The predicted octanol–water partition coefficient (Wildman–Crippen LogP) is 3.49. The highest BCUT2D eigenvalue weighted by molar-refractivity contribution is 6.05. The third kappa shape index (κ3) is 3.60. The molecular weight excluding hydrogens is 262 g/mol. The Morgan fingerprint density at radius 3 is 2.62 bits per heavy atom. The van der Waals surface area contributed by atoms with Crippen molar-refractivity contribution in [3.63, 3.8) is 0 Å². The van der Waals surface area contributed by atoms with E-state index in [2.05, 4.69) is 10.3 Å². The number of nitrogens with zero attached hydrogens (tertiary/aromatic N) is 2. The number of hydrogen-bond acceptors (Lipinski definition) is 3. The number of pyridine rings is 1. The SMILES string of the molecule is CCNc1cccc(C(=O)N(CC)c2cccc(C)c2)n1. The molecule has 1 amide bonds. The fourth-order valence-electron chi connectivity index (χ4n) is 2.21. The van der Waals surface area contributed by atoms with Gasteiger partial charge in [-0.15, -0.1) is 0 Å². The molecule has 0 spiro atoms. The molecule has 0 aliphatic carbocycles. The molecular formula is C17H21N3O. The normalized spacial score (nSPS) is 10.2. The van der Waals surface area contributed by atoms with Gasteiger partial charge < -0.3 is 10.2 Å². The monoisotopic (exact) mass is 283 g/mol. The van der Waals surface area contributed by atoms with Crippen molar-refractivity contribution in [3.8, 4) is 0 Å². The van der Waals surface area contributed by atoms with Crippen LogP contribution in [0, 0.1) is 6.92 Å². The lowest BCUT2D eigenvalue weighted by Gasteiger charge is -2.21. The Kier molecular flexibility index (Phi) is 4.93. The van der Waals surface area contributed by atoms with Crippen molar-refractivity contribution in [1.82, 2.24) is 4.98 Å². The highest BCUT2D eigenvalue weighted by Gasteiger charge is 2.17. The molecule has 0 atom stereocenters. The minimum atomic E-state index is -0.0807. The number of anilines is 2. The Morgan fingerprint density at radius 2 is 1.95 bits per heavy atom. The van der Waals surface area contributed by atoms with Crippen LogP contribution in [0.25, 0.3) is 0 Å². The molecule has 0 bridgehead atoms. The van der Waals surface area contributed by atoms with Crippen LogP contribution in [0.15, 0.2) is 42.5 Å². The van der Waals surface area contributed by atoms with E-state index in [-0.39, 0.29) is 5.91 Å². The summed E-state index contributed by atoms with van der Waals surface area (Å²) in [5.41, 5.74) is 2.49. The van der Waals surface area contributed by atoms with Crippen LogP contribution in [-0.4, -0.2) is 24.0 Å². The van der Waals surface area contributed by atoms with Crippen molar-refractivity contribution >= 4 is 17.4 Å². The lowest BCUT2D eigenvalue weighted by atomic mass is 10.2. The van der Waals surface area contributed by atoms with Gasteiger partial charge in [0.2, 0.25) is 0 Å². The van der Waals surface area contributed by atoms with Gasteiger partial charge in [0, 0.05) is 18.8 Å². The molecule has 0 saturated heterocycles. The minimum Gasteiger partial charge on any atom is -0.370 e. The maximum atomic E-state index is 12.7. The number of aryl methyl sites for hydroxylation is 1. The van der Waals surface area contributed by atoms with Crippen LogP contribution in [0.4, 0.5) is 11.5 Å². The van der Waals surface area contributed by atoms with E-state index in [1.165, 1.54) is 0 Å². The second-order valence-electron chi connectivity index (χ2n) is 4.83. The summed E-state index contributed by atoms with van der Waals surface area (Å²) >= 11 is 0. The van der Waals surface area contributed by atoms with Gasteiger partial charge in [0.15, 0.2) is 0 Å². The number of hydrogen-bond donors (Lipinski definition) is 1. The van der Waals surface area contributed by atoms with E-state index < -0.39 is 0 Å². The van der Waals surface area contributed by atoms with Crippen molar-refractivity contribution in [2.24, 2.45) is 0 Å². The summed E-state index contributed by atoms with van der Waals surface area (Å²) in [6.07, 6.45) is 0. The molecule has 1 aromatic carbocycles. The Bertz CT molecular complexity index is 625. The molecule has 0 radical (unpaired) electrons. The largest absolute Gasteiger partial charge is 0.370 e. The Balaban J connectivity index is 2.30. The van der Waals surface area contributed by atoms with Gasteiger partial charge in [-0.3, -0.25) is 4.79 Å². The fourth-order valence-corrected chi connectivity index (χ4v) is 2.21. The zero-order valence-electron chi connectivity index (χ0n) is 12.8. The quantitative estimate of drug-likeness (QED) is 0.913. The van der Waals surface area contributed by atoms with E-state index in [4.69, 9.17) is 0 Å². The summed E-state index contributed by atoms with van der Waals surface area (Å²) in [6.45, 7) is 7.37. The smallest absolute Gasteiger partial charge is 0.276 e. The molecule has 0 saturated carbocycles. The zero-order valence-corrected chi connectivity index (χ0v) is 12.8. The molecule has 4 heteroatoms. The Labute approximate surface area is 125 Å². The first-order chi connectivity index (χ1) is 10.2. The van der Waals surface area contributed by atoms with Crippen LogP contribution in [0.3, 0.4) is 0 Å². The number of nitrogens with one attached hydrogen (secondary N) is 1. The number of carbonyl (C=O) groups is 1. The summed E-state index contributed by atoms with van der Waals surface area (Å²) < 4.78 is 0. The average molecular weight is 283 g/mol. The fraction of sp³-hybridized carbons (Fsp3) is 0.294. The van der Waals surface area contributed by atoms with E-state index in [1.54, 1.807) is 11.0 Å². The minimum absolute atomic E-state index is 0.0807. The van der Waals surface area contributed by atoms with E-state index >= 15 is 0 Å². The van der Waals surface area contributed by atoms with E-state index in [9.17, 15) is 4.79 Å². The van der Waals surface area contributed by atoms with Gasteiger partial charge >= 0.3 is 0 Å². The Morgan fingerprint density at radius 1 is 1.19 bits per heavy atom. The van der Waals surface area contributed by atoms with Gasteiger partial charge in [-0.1, -0.05) is 18.2 Å². The first-order valence-electron chi connectivity index (χ1n) is 7.25. The first-order valence-corrected chi connectivity index (χ1v) is 7.25. The van der Waals surface area contributed by atoms with Crippen LogP contribution in [0.2, 0.25) is 0 Å². The van der Waals surface area contributed by atoms with E-state index in [0.29, 0.717) is 12.2 Å². The molecule has 1 N–H and O–H groups in total. The standard InChI is InChI=1S/C17H21N3O/c1-4-18-16-11-7-10-15(19-16)17(21)20(5-2)14-9-6-8-13(3)12-14/h6-12H,4-5H2,1-3H3,(H,18,19). The second-order valence-corrected chi connectivity index (χ2v) is 4.83. The number of carbonyl (C=O) groups excluding carboxylic acids is 1. The maximum Gasteiger partial charge on any atom is 0.276 e. The number of aromatic nitrogens is 1. The molecule has 0 aliphatic rings. The third-order valence-corrected chi connectivity index (χ3v) is 3.20. The first kappa shape index (κ1) is 15.0. The molecule has 21 heavy (non-hydrogen) atoms. The second kappa shape index (κ2) is 6.88. The van der Waals surface area contributed by atoms with Crippen LogP contribution in [0.5, 0.6) is 0 Å². The molecule has 1 heterocycles. The number of benzene rings is 1. The summed E-state index contributed by atoms with van der Waals surface area (Å²) in [5, 5.41) is 3.13. The summed E-state index contributed by atoms with van der Waals surface area (Å²) in [4.78, 5) is 18.8. The van der Waals surface area contributed by atoms with Gasteiger partial charge in [0.05, 0.1) is 0 Å². The number of amides is 1. The van der Waals surface area contributed by atoms with Gasteiger partial charge in [0.25, 0.3) is 5.91 Å². The molecule has 4 nitrogen and oxygen atoms in total. The van der Waals surface area contributed by atoms with Crippen molar-refractivity contribution in [1.29, 1.82) is 0 Å². The van der Waals surface area contributed by atoms with Gasteiger partial charge in [0.1, 0.15) is 11.5 Å². The lowest BCUT2D eigenvalue weighted by Crippen LogP contribution is -2.31. The summed E-state index contributed by atoms with van der Waals surface area (Å²) in [5.74, 6) is 0.645. The lowest BCUT2D eigenvalue weighted by molar-refractivity contribution is 0.0983. The van der Waals surface area contributed by atoms with Crippen LogP contribution >= 0.6 is 0 Å². The van der Waals surface area contributed by atoms with Crippen LogP contribution < -0.4 is 10.2 Å². The van der Waals surface area contributed by atoms with Crippen LogP contribution in [-0.2, 0) is 0 Å². The Hall–Kier alpha value is -2.36. The molecule has 1 aromatic heterocycles. The highest BCUT2D eigenvalue weighted by atomic mass is 16.2. The predicted molar refractivity (Wildman–Crippen MR) is 86.9 cm³/mol. The van der Waals surface area contributed by atoms with Gasteiger partial charge in [-0.2, -0.15) is 0 Å². The van der Waals surface area contributed by atoms with E-state index in [0.717, 1.165) is 23.6 Å². The molecule has 0 unspecified atom stereocenters. The van der Waals surface area contributed by atoms with Crippen molar-refractivity contribution < 1.29 is 4.79 Å². The number of rotatable bonds is 5. The molecule has 0 fully saturated rings. The third-order valence-electron chi connectivity index (χ3n) is 3.20. The average Bonchev–Trinajstić information content (AvgIpc) is 2.49. The zero-order chi connectivity index (χ0) is 15.2. The maximum absolute atomic E-state index is 12.7. The molecule has 0 aliphatic heterocycles. The highest BCUT2D eigenvalue weighted by Crippen LogP contribution is 2.18. The topological polar surface area (TPSA) is 45.2 Å². The summed E-state index contributed by atoms with van der Waals surface area (Å²) in [7, 11) is 0. The van der Waals surface area contributed by atoms with Gasteiger partial charge in [-0.05, 0) is 50.6 Å². The molecule has 2 aromatic rings.